The topological polar surface area (TPSA) is 15.6 Å². The van der Waals surface area contributed by atoms with Crippen molar-refractivity contribution in [1.82, 2.24) is 4.90 Å². The Bertz CT molecular complexity index is 297. The standard InChI is InChI=1S/C8H9ClN2S.ClH/c9-3-6-4-12-7-10-8(1-2-8)5-11(6)7;/h4H,1-3,5H2;1H. The number of allylic oxidation sites excluding steroid dienone is 1. The van der Waals surface area contributed by atoms with Crippen LogP contribution in [0, 0.1) is 0 Å². The molecule has 3 aliphatic rings. The smallest absolute Gasteiger partial charge is 0.168 e. The van der Waals surface area contributed by atoms with Crippen molar-refractivity contribution in [2.45, 2.75) is 18.4 Å². The second-order valence-electron chi connectivity index (χ2n) is 3.57. The first-order chi connectivity index (χ1) is 5.83. The Hall–Kier alpha value is 0.140. The quantitative estimate of drug-likeness (QED) is 0.651. The highest BCUT2D eigenvalue weighted by molar-refractivity contribution is 8.16. The third-order valence-corrected chi connectivity index (χ3v) is 3.81. The summed E-state index contributed by atoms with van der Waals surface area (Å²) in [6.45, 7) is 1.08. The average Bonchev–Trinajstić information content (AvgIpc) is 2.52. The molecule has 0 aromatic rings. The molecule has 0 radical (unpaired) electrons. The number of rotatable bonds is 1. The van der Waals surface area contributed by atoms with Gasteiger partial charge in [-0.1, -0.05) is 11.8 Å². The minimum Gasteiger partial charge on any atom is -0.321 e. The third kappa shape index (κ3) is 1.37. The van der Waals surface area contributed by atoms with E-state index in [1.54, 1.807) is 11.8 Å². The highest BCUT2D eigenvalue weighted by Gasteiger charge is 2.50. The summed E-state index contributed by atoms with van der Waals surface area (Å²) in [5.41, 5.74) is 1.54. The number of nitrogens with zero attached hydrogens (tertiary/aromatic N) is 2. The van der Waals surface area contributed by atoms with Crippen LogP contribution in [0.1, 0.15) is 12.8 Å². The zero-order chi connectivity index (χ0) is 8.18. The maximum atomic E-state index is 5.81. The van der Waals surface area contributed by atoms with Crippen molar-refractivity contribution < 1.29 is 0 Å². The molecule has 1 spiro atoms. The van der Waals surface area contributed by atoms with Crippen LogP contribution in [0.3, 0.4) is 0 Å². The SMILES string of the molecule is Cl.ClCC1=CSC2=NC3(CC3)CN12. The van der Waals surface area contributed by atoms with Gasteiger partial charge in [0.05, 0.1) is 18.0 Å². The summed E-state index contributed by atoms with van der Waals surface area (Å²) in [7, 11) is 0. The second kappa shape index (κ2) is 3.07. The molecule has 0 aromatic heterocycles. The summed E-state index contributed by atoms with van der Waals surface area (Å²) in [6.07, 6.45) is 2.53. The van der Waals surface area contributed by atoms with E-state index in [2.05, 4.69) is 15.3 Å². The lowest BCUT2D eigenvalue weighted by Gasteiger charge is -2.15. The van der Waals surface area contributed by atoms with E-state index in [9.17, 15) is 0 Å². The largest absolute Gasteiger partial charge is 0.321 e. The molecule has 1 aliphatic carbocycles. The molecular weight excluding hydrogens is 227 g/mol. The molecule has 72 valence electrons. The Morgan fingerprint density at radius 3 is 3.00 bits per heavy atom. The summed E-state index contributed by atoms with van der Waals surface area (Å²) in [6, 6.07) is 0. The van der Waals surface area contributed by atoms with Crippen molar-refractivity contribution >= 4 is 40.9 Å². The predicted molar refractivity (Wildman–Crippen MR) is 59.7 cm³/mol. The number of amidine groups is 1. The Morgan fingerprint density at radius 1 is 1.62 bits per heavy atom. The fraction of sp³-hybridized carbons (Fsp3) is 0.625. The fourth-order valence-corrected chi connectivity index (χ4v) is 3.00. The fourth-order valence-electron chi connectivity index (χ4n) is 1.68. The van der Waals surface area contributed by atoms with Gasteiger partial charge in [-0.25, -0.2) is 0 Å². The maximum Gasteiger partial charge on any atom is 0.168 e. The van der Waals surface area contributed by atoms with Crippen molar-refractivity contribution in [2.24, 2.45) is 4.99 Å². The number of hydrogen-bond donors (Lipinski definition) is 0. The molecule has 13 heavy (non-hydrogen) atoms. The van der Waals surface area contributed by atoms with Gasteiger partial charge in [-0.15, -0.1) is 24.0 Å². The van der Waals surface area contributed by atoms with Gasteiger partial charge >= 0.3 is 0 Å². The lowest BCUT2D eigenvalue weighted by atomic mass is 10.3. The summed E-state index contributed by atoms with van der Waals surface area (Å²) in [5.74, 6) is 0.613. The van der Waals surface area contributed by atoms with Gasteiger partial charge in [0.25, 0.3) is 0 Å². The van der Waals surface area contributed by atoms with E-state index >= 15 is 0 Å². The van der Waals surface area contributed by atoms with E-state index < -0.39 is 0 Å². The van der Waals surface area contributed by atoms with Crippen molar-refractivity contribution in [3.05, 3.63) is 11.1 Å². The summed E-state index contributed by atoms with van der Waals surface area (Å²) >= 11 is 7.53. The van der Waals surface area contributed by atoms with Crippen molar-refractivity contribution in [2.75, 3.05) is 12.4 Å². The van der Waals surface area contributed by atoms with Gasteiger partial charge in [0.1, 0.15) is 0 Å². The first kappa shape index (κ1) is 9.69. The lowest BCUT2D eigenvalue weighted by molar-refractivity contribution is 0.506. The number of alkyl halides is 1. The summed E-state index contributed by atoms with van der Waals surface area (Å²) < 4.78 is 0. The van der Waals surface area contributed by atoms with Crippen molar-refractivity contribution in [3.8, 4) is 0 Å². The first-order valence-electron chi connectivity index (χ1n) is 4.12. The molecule has 0 amide bonds. The van der Waals surface area contributed by atoms with Crippen molar-refractivity contribution in [1.29, 1.82) is 0 Å². The van der Waals surface area contributed by atoms with E-state index in [0.717, 1.165) is 6.54 Å². The molecule has 5 heteroatoms. The van der Waals surface area contributed by atoms with E-state index in [1.165, 1.54) is 23.7 Å². The van der Waals surface area contributed by atoms with Gasteiger partial charge in [-0.05, 0) is 18.2 Å². The van der Waals surface area contributed by atoms with Crippen LogP contribution in [0.25, 0.3) is 0 Å². The number of fused-ring (bicyclic) bond motifs is 1. The predicted octanol–water partition coefficient (Wildman–Crippen LogP) is 2.44. The van der Waals surface area contributed by atoms with E-state index in [1.807, 2.05) is 0 Å². The van der Waals surface area contributed by atoms with Crippen LogP contribution >= 0.6 is 35.8 Å². The maximum absolute atomic E-state index is 5.81. The highest BCUT2D eigenvalue weighted by atomic mass is 35.5. The molecular formula is C8H10Cl2N2S. The first-order valence-corrected chi connectivity index (χ1v) is 5.53. The second-order valence-corrected chi connectivity index (χ2v) is 4.67. The molecule has 0 atom stereocenters. The molecule has 1 fully saturated rings. The van der Waals surface area contributed by atoms with E-state index in [-0.39, 0.29) is 12.4 Å². The van der Waals surface area contributed by atoms with Gasteiger partial charge in [-0.3, -0.25) is 4.99 Å². The number of halogens is 2. The van der Waals surface area contributed by atoms with Gasteiger partial charge < -0.3 is 4.90 Å². The Balaban J connectivity index is 0.000000653. The molecule has 0 bridgehead atoms. The molecule has 2 aliphatic heterocycles. The average molecular weight is 237 g/mol. The van der Waals surface area contributed by atoms with Crippen LogP contribution in [0.15, 0.2) is 16.1 Å². The molecule has 2 heterocycles. The van der Waals surface area contributed by atoms with Gasteiger partial charge in [-0.2, -0.15) is 0 Å². The normalized spacial score (nSPS) is 26.7. The molecule has 0 N–H and O–H groups in total. The monoisotopic (exact) mass is 236 g/mol. The molecule has 3 rings (SSSR count). The number of thioether (sulfide) groups is 1. The minimum atomic E-state index is 0. The van der Waals surface area contributed by atoms with Crippen LogP contribution in [0.4, 0.5) is 0 Å². The highest BCUT2D eigenvalue weighted by Crippen LogP contribution is 2.48. The Kier molecular flexibility index (Phi) is 2.29. The van der Waals surface area contributed by atoms with Crippen LogP contribution in [0.2, 0.25) is 0 Å². The summed E-state index contributed by atoms with van der Waals surface area (Å²) in [5, 5.41) is 3.28. The molecule has 2 nitrogen and oxygen atoms in total. The van der Waals surface area contributed by atoms with Crippen LogP contribution in [-0.4, -0.2) is 28.0 Å². The van der Waals surface area contributed by atoms with Gasteiger partial charge in [0.15, 0.2) is 5.17 Å². The lowest BCUT2D eigenvalue weighted by Crippen LogP contribution is -2.25. The number of aliphatic imine (C=N–C) groups is 1. The minimum absolute atomic E-state index is 0. The van der Waals surface area contributed by atoms with Crippen LogP contribution in [0.5, 0.6) is 0 Å². The number of hydrogen-bond acceptors (Lipinski definition) is 3. The molecule has 0 aromatic carbocycles. The zero-order valence-corrected chi connectivity index (χ0v) is 9.38. The van der Waals surface area contributed by atoms with Crippen molar-refractivity contribution in [3.63, 3.8) is 0 Å². The van der Waals surface area contributed by atoms with E-state index in [4.69, 9.17) is 11.6 Å². The van der Waals surface area contributed by atoms with E-state index in [0.29, 0.717) is 11.4 Å². The van der Waals surface area contributed by atoms with Gasteiger partial charge in [0.2, 0.25) is 0 Å². The van der Waals surface area contributed by atoms with Gasteiger partial charge in [0, 0.05) is 5.70 Å². The summed E-state index contributed by atoms with van der Waals surface area (Å²) in [4.78, 5) is 6.96. The van der Waals surface area contributed by atoms with Crippen LogP contribution in [-0.2, 0) is 0 Å². The Morgan fingerprint density at radius 2 is 2.38 bits per heavy atom. The third-order valence-electron chi connectivity index (χ3n) is 2.63. The molecule has 0 unspecified atom stereocenters. The Labute approximate surface area is 92.8 Å². The van der Waals surface area contributed by atoms with Crippen LogP contribution < -0.4 is 0 Å². The molecule has 0 saturated heterocycles. The molecule has 1 saturated carbocycles. The zero-order valence-electron chi connectivity index (χ0n) is 6.99.